The summed E-state index contributed by atoms with van der Waals surface area (Å²) in [5.74, 6) is -0.838. The van der Waals surface area contributed by atoms with Gasteiger partial charge in [-0.1, -0.05) is 160 Å². The van der Waals surface area contributed by atoms with Crippen LogP contribution in [0.3, 0.4) is 0 Å². The molecule has 0 radical (unpaired) electrons. The Labute approximate surface area is 332 Å². The molecule has 0 bridgehead atoms. The van der Waals surface area contributed by atoms with Crippen molar-refractivity contribution in [1.29, 1.82) is 0 Å². The first-order chi connectivity index (χ1) is 26.0. The Morgan fingerprint density at radius 3 is 1.50 bits per heavy atom. The summed E-state index contributed by atoms with van der Waals surface area (Å²) in [6, 6.07) is 0. The van der Waals surface area contributed by atoms with Crippen LogP contribution in [0.25, 0.3) is 0 Å². The maximum Gasteiger partial charge on any atom is 0.306 e. The van der Waals surface area contributed by atoms with Gasteiger partial charge in [-0.2, -0.15) is 0 Å². The Balaban J connectivity index is 4.34. The molecule has 0 aliphatic heterocycles. The number of carbonyl (C=O) groups is 2. The summed E-state index contributed by atoms with van der Waals surface area (Å²) >= 11 is 0. The molecular weight excluding hydrogens is 701 g/mol. The lowest BCUT2D eigenvalue weighted by Gasteiger charge is -2.28. The Morgan fingerprint density at radius 1 is 0.574 bits per heavy atom. The van der Waals surface area contributed by atoms with Gasteiger partial charge in [0.05, 0.1) is 27.7 Å². The van der Waals surface area contributed by atoms with Crippen molar-refractivity contribution >= 4 is 19.8 Å². The van der Waals surface area contributed by atoms with Crippen molar-refractivity contribution in [3.63, 3.8) is 0 Å². The standard InChI is InChI=1S/C44H84NO8P/c1-6-8-10-12-14-16-18-20-21-22-23-25-26-28-30-32-34-36-43(46)50-40-42(41-52-54(48,49)51-39-38-45(3,4)5)53-44(47)37-35-33-31-29-27-24-19-17-15-13-11-9-7-2/h14,16,20-21,42H,6-13,15,17-19,22-41H2,1-5H3/b16-14+,21-20+/t42-/m1/s1. The third kappa shape index (κ3) is 40.2. The molecule has 0 N–H and O–H groups in total. The number of carbonyl (C=O) groups excluding carboxylic acids is 2. The first-order valence-corrected chi connectivity index (χ1v) is 23.5. The number of quaternary nitrogens is 1. The zero-order valence-corrected chi connectivity index (χ0v) is 36.6. The van der Waals surface area contributed by atoms with Crippen molar-refractivity contribution in [2.75, 3.05) is 47.5 Å². The fourth-order valence-electron chi connectivity index (χ4n) is 5.98. The molecule has 0 saturated heterocycles. The van der Waals surface area contributed by atoms with E-state index in [0.717, 1.165) is 51.4 Å². The number of hydrogen-bond donors (Lipinski definition) is 0. The van der Waals surface area contributed by atoms with Gasteiger partial charge in [0, 0.05) is 12.8 Å². The molecule has 318 valence electrons. The van der Waals surface area contributed by atoms with E-state index < -0.39 is 26.5 Å². The van der Waals surface area contributed by atoms with Crippen LogP contribution < -0.4 is 4.89 Å². The van der Waals surface area contributed by atoms with Crippen LogP contribution in [0.5, 0.6) is 0 Å². The second kappa shape index (κ2) is 37.1. The Hall–Kier alpha value is -1.51. The van der Waals surface area contributed by atoms with Crippen LogP contribution in [0.15, 0.2) is 24.3 Å². The van der Waals surface area contributed by atoms with E-state index in [1.54, 1.807) is 0 Å². The lowest BCUT2D eigenvalue weighted by atomic mass is 10.0. The first-order valence-electron chi connectivity index (χ1n) is 22.0. The monoisotopic (exact) mass is 786 g/mol. The molecule has 2 atom stereocenters. The van der Waals surface area contributed by atoms with Crippen LogP contribution >= 0.6 is 7.82 Å². The Bertz CT molecular complexity index is 980. The molecule has 0 aromatic carbocycles. The molecule has 9 nitrogen and oxygen atoms in total. The highest BCUT2D eigenvalue weighted by Gasteiger charge is 2.21. The lowest BCUT2D eigenvalue weighted by Crippen LogP contribution is -2.37. The molecule has 0 aromatic heterocycles. The van der Waals surface area contributed by atoms with Gasteiger partial charge < -0.3 is 27.9 Å². The van der Waals surface area contributed by atoms with Crippen LogP contribution in [0.2, 0.25) is 0 Å². The van der Waals surface area contributed by atoms with Crippen molar-refractivity contribution in [2.45, 2.75) is 200 Å². The van der Waals surface area contributed by atoms with Crippen molar-refractivity contribution in [2.24, 2.45) is 0 Å². The van der Waals surface area contributed by atoms with Gasteiger partial charge in [-0.25, -0.2) is 0 Å². The topological polar surface area (TPSA) is 111 Å². The maximum atomic E-state index is 12.6. The van der Waals surface area contributed by atoms with Crippen LogP contribution in [0.4, 0.5) is 0 Å². The van der Waals surface area contributed by atoms with Gasteiger partial charge in [0.1, 0.15) is 19.8 Å². The number of unbranched alkanes of at least 4 members (excludes halogenated alkanes) is 22. The normalized spacial score (nSPS) is 13.8. The number of esters is 2. The molecule has 0 aromatic rings. The summed E-state index contributed by atoms with van der Waals surface area (Å²) in [6.07, 6.45) is 39.1. The van der Waals surface area contributed by atoms with Crippen molar-refractivity contribution in [3.8, 4) is 0 Å². The molecule has 0 amide bonds. The summed E-state index contributed by atoms with van der Waals surface area (Å²) in [7, 11) is 1.17. The number of likely N-dealkylation sites (N-methyl/N-ethyl adjacent to an activating group) is 1. The molecule has 1 unspecified atom stereocenters. The highest BCUT2D eigenvalue weighted by Crippen LogP contribution is 2.38. The second-order valence-electron chi connectivity index (χ2n) is 16.1. The average Bonchev–Trinajstić information content (AvgIpc) is 3.12. The van der Waals surface area contributed by atoms with E-state index in [1.165, 1.54) is 109 Å². The highest BCUT2D eigenvalue weighted by atomic mass is 31.2. The molecule has 0 aliphatic carbocycles. The van der Waals surface area contributed by atoms with E-state index >= 15 is 0 Å². The van der Waals surface area contributed by atoms with E-state index in [0.29, 0.717) is 17.4 Å². The molecule has 54 heavy (non-hydrogen) atoms. The summed E-state index contributed by atoms with van der Waals surface area (Å²) in [5, 5.41) is 0. The van der Waals surface area contributed by atoms with E-state index in [2.05, 4.69) is 38.2 Å². The molecule has 0 aliphatic rings. The van der Waals surface area contributed by atoms with Gasteiger partial charge in [0.25, 0.3) is 7.82 Å². The predicted molar refractivity (Wildman–Crippen MR) is 222 cm³/mol. The van der Waals surface area contributed by atoms with E-state index in [1.807, 2.05) is 21.1 Å². The number of hydrogen-bond acceptors (Lipinski definition) is 8. The van der Waals surface area contributed by atoms with Crippen LogP contribution in [0, 0.1) is 0 Å². The van der Waals surface area contributed by atoms with E-state index in [4.69, 9.17) is 18.5 Å². The Kier molecular flexibility index (Phi) is 36.1. The zero-order chi connectivity index (χ0) is 40.0. The van der Waals surface area contributed by atoms with Crippen LogP contribution in [-0.4, -0.2) is 70.0 Å². The number of phosphoric acid groups is 1. The molecule has 0 saturated carbocycles. The zero-order valence-electron chi connectivity index (χ0n) is 35.7. The SMILES string of the molecule is CCCCC/C=C/C/C=C/CCCCCCCCCC(=O)OC[C@H](COP(=O)([O-])OCC[N+](C)(C)C)OC(=O)CCCCCCCCCCCCCCC. The van der Waals surface area contributed by atoms with Gasteiger partial charge in [-0.3, -0.25) is 14.2 Å². The van der Waals surface area contributed by atoms with Crippen LogP contribution in [-0.2, 0) is 32.7 Å². The molecule has 0 heterocycles. The third-order valence-electron chi connectivity index (χ3n) is 9.47. The van der Waals surface area contributed by atoms with Gasteiger partial charge >= 0.3 is 11.9 Å². The number of ether oxygens (including phenoxy) is 2. The fraction of sp³-hybridized carbons (Fsp3) is 0.864. The average molecular weight is 786 g/mol. The van der Waals surface area contributed by atoms with Gasteiger partial charge in [-0.05, 0) is 44.9 Å². The number of rotatable bonds is 40. The molecule has 0 spiro atoms. The minimum atomic E-state index is -4.62. The molecule has 0 rings (SSSR count). The minimum absolute atomic E-state index is 0.0303. The third-order valence-corrected chi connectivity index (χ3v) is 10.4. The van der Waals surface area contributed by atoms with E-state index in [-0.39, 0.29) is 32.0 Å². The predicted octanol–water partition coefficient (Wildman–Crippen LogP) is 11.7. The highest BCUT2D eigenvalue weighted by molar-refractivity contribution is 7.45. The minimum Gasteiger partial charge on any atom is -0.756 e. The van der Waals surface area contributed by atoms with Gasteiger partial charge in [0.2, 0.25) is 0 Å². The first kappa shape index (κ1) is 52.5. The maximum absolute atomic E-state index is 12.6. The smallest absolute Gasteiger partial charge is 0.306 e. The number of phosphoric ester groups is 1. The van der Waals surface area contributed by atoms with Crippen molar-refractivity contribution in [3.05, 3.63) is 24.3 Å². The number of allylic oxidation sites excluding steroid dienone is 4. The fourth-order valence-corrected chi connectivity index (χ4v) is 6.71. The van der Waals surface area contributed by atoms with E-state index in [9.17, 15) is 19.0 Å². The van der Waals surface area contributed by atoms with Crippen LogP contribution in [0.1, 0.15) is 194 Å². The largest absolute Gasteiger partial charge is 0.756 e. The number of nitrogens with zero attached hydrogens (tertiary/aromatic N) is 1. The summed E-state index contributed by atoms with van der Waals surface area (Å²) in [5.41, 5.74) is 0. The van der Waals surface area contributed by atoms with Gasteiger partial charge in [-0.15, -0.1) is 0 Å². The lowest BCUT2D eigenvalue weighted by molar-refractivity contribution is -0.870. The van der Waals surface area contributed by atoms with Crippen molar-refractivity contribution in [1.82, 2.24) is 0 Å². The quantitative estimate of drug-likeness (QED) is 0.0198. The molecule has 10 heteroatoms. The summed E-state index contributed by atoms with van der Waals surface area (Å²) < 4.78 is 33.9. The summed E-state index contributed by atoms with van der Waals surface area (Å²) in [4.78, 5) is 37.5. The summed E-state index contributed by atoms with van der Waals surface area (Å²) in [6.45, 7) is 4.20. The molecule has 0 fully saturated rings. The second-order valence-corrected chi connectivity index (χ2v) is 17.5. The molecular formula is C44H84NO8P. The Morgan fingerprint density at radius 2 is 1.00 bits per heavy atom. The van der Waals surface area contributed by atoms with Crippen molar-refractivity contribution < 1.29 is 42.1 Å². The van der Waals surface area contributed by atoms with Gasteiger partial charge in [0.15, 0.2) is 6.10 Å².